The van der Waals surface area contributed by atoms with Crippen LogP contribution in [0, 0.1) is 0 Å². The Kier molecular flexibility index (Phi) is 2.98. The molecule has 0 aliphatic heterocycles. The molecule has 1 aromatic heterocycles. The Balaban J connectivity index is 2.73. The summed E-state index contributed by atoms with van der Waals surface area (Å²) in [7, 11) is 0. The molecular weight excluding hydrogens is 231 g/mol. The van der Waals surface area contributed by atoms with Crippen LogP contribution in [0.15, 0.2) is 24.4 Å². The van der Waals surface area contributed by atoms with E-state index in [9.17, 15) is 0 Å². The molecule has 0 atom stereocenters. The normalized spacial score (nSPS) is 10.6. The van der Waals surface area contributed by atoms with Crippen LogP contribution in [0.25, 0.3) is 10.8 Å². The van der Waals surface area contributed by atoms with Crippen LogP contribution in [0.1, 0.15) is 6.92 Å². The molecule has 0 saturated heterocycles. The van der Waals surface area contributed by atoms with Gasteiger partial charge in [-0.25, -0.2) is 4.98 Å². The van der Waals surface area contributed by atoms with Crippen LogP contribution in [-0.2, 0) is 0 Å². The van der Waals surface area contributed by atoms with Gasteiger partial charge in [0, 0.05) is 23.2 Å². The van der Waals surface area contributed by atoms with Gasteiger partial charge in [0.05, 0.1) is 5.02 Å². The van der Waals surface area contributed by atoms with Crippen LogP contribution in [-0.4, -0.2) is 11.5 Å². The zero-order chi connectivity index (χ0) is 10.8. The van der Waals surface area contributed by atoms with Gasteiger partial charge in [0.15, 0.2) is 0 Å². The van der Waals surface area contributed by atoms with E-state index in [2.05, 4.69) is 10.3 Å². The maximum Gasteiger partial charge on any atom is 0.135 e. The highest BCUT2D eigenvalue weighted by Crippen LogP contribution is 2.31. The third kappa shape index (κ3) is 2.01. The molecule has 0 saturated carbocycles. The van der Waals surface area contributed by atoms with Gasteiger partial charge in [0.1, 0.15) is 5.82 Å². The number of hydrogen-bond donors (Lipinski definition) is 1. The molecule has 78 valence electrons. The number of nitrogens with one attached hydrogen (secondary N) is 1. The van der Waals surface area contributed by atoms with Crippen molar-refractivity contribution in [2.45, 2.75) is 6.92 Å². The minimum Gasteiger partial charge on any atom is -0.370 e. The molecule has 2 aromatic rings. The second-order valence-electron chi connectivity index (χ2n) is 3.18. The van der Waals surface area contributed by atoms with E-state index in [1.54, 1.807) is 12.3 Å². The highest BCUT2D eigenvalue weighted by molar-refractivity contribution is 6.39. The summed E-state index contributed by atoms with van der Waals surface area (Å²) in [6.07, 6.45) is 1.74. The lowest BCUT2D eigenvalue weighted by atomic mass is 10.1. The Hall–Kier alpha value is -0.990. The topological polar surface area (TPSA) is 24.9 Å². The van der Waals surface area contributed by atoms with Crippen LogP contribution in [0.3, 0.4) is 0 Å². The van der Waals surface area contributed by atoms with Gasteiger partial charge in [0.2, 0.25) is 0 Å². The summed E-state index contributed by atoms with van der Waals surface area (Å²) in [4.78, 5) is 4.25. The van der Waals surface area contributed by atoms with Gasteiger partial charge >= 0.3 is 0 Å². The molecule has 1 heterocycles. The number of rotatable bonds is 2. The van der Waals surface area contributed by atoms with Crippen molar-refractivity contribution in [1.29, 1.82) is 0 Å². The highest BCUT2D eigenvalue weighted by atomic mass is 35.5. The van der Waals surface area contributed by atoms with Crippen molar-refractivity contribution in [1.82, 2.24) is 4.98 Å². The molecule has 1 aromatic carbocycles. The van der Waals surface area contributed by atoms with Crippen molar-refractivity contribution in [3.63, 3.8) is 0 Å². The summed E-state index contributed by atoms with van der Waals surface area (Å²) in [5.74, 6) is 0.802. The Bertz CT molecular complexity index is 497. The summed E-state index contributed by atoms with van der Waals surface area (Å²) < 4.78 is 0. The van der Waals surface area contributed by atoms with Crippen LogP contribution in [0.4, 0.5) is 5.82 Å². The smallest absolute Gasteiger partial charge is 0.135 e. The summed E-state index contributed by atoms with van der Waals surface area (Å²) in [5, 5.41) is 6.36. The van der Waals surface area contributed by atoms with E-state index in [1.807, 2.05) is 19.1 Å². The minimum absolute atomic E-state index is 0.626. The number of nitrogens with zero attached hydrogens (tertiary/aromatic N) is 1. The summed E-state index contributed by atoms with van der Waals surface area (Å²) in [6.45, 7) is 2.83. The zero-order valence-electron chi connectivity index (χ0n) is 8.22. The first-order valence-corrected chi connectivity index (χ1v) is 5.45. The molecule has 15 heavy (non-hydrogen) atoms. The lowest BCUT2D eigenvalue weighted by molar-refractivity contribution is 1.17. The molecule has 0 fully saturated rings. The van der Waals surface area contributed by atoms with Gasteiger partial charge in [-0.3, -0.25) is 0 Å². The Morgan fingerprint density at radius 3 is 2.87 bits per heavy atom. The van der Waals surface area contributed by atoms with Gasteiger partial charge in [-0.1, -0.05) is 23.2 Å². The van der Waals surface area contributed by atoms with Crippen molar-refractivity contribution >= 4 is 39.8 Å². The van der Waals surface area contributed by atoms with E-state index in [0.717, 1.165) is 23.1 Å². The molecule has 4 heteroatoms. The molecular formula is C11H10Cl2N2. The van der Waals surface area contributed by atoms with Crippen molar-refractivity contribution in [3.05, 3.63) is 34.4 Å². The number of halogens is 2. The second kappa shape index (κ2) is 4.25. The van der Waals surface area contributed by atoms with E-state index in [4.69, 9.17) is 23.2 Å². The Labute approximate surface area is 98.2 Å². The van der Waals surface area contributed by atoms with Gasteiger partial charge in [-0.2, -0.15) is 0 Å². The zero-order valence-corrected chi connectivity index (χ0v) is 9.73. The van der Waals surface area contributed by atoms with E-state index >= 15 is 0 Å². The number of hydrogen-bond acceptors (Lipinski definition) is 2. The molecule has 0 radical (unpaired) electrons. The minimum atomic E-state index is 0.626. The number of pyridine rings is 1. The van der Waals surface area contributed by atoms with Gasteiger partial charge in [-0.15, -0.1) is 0 Å². The quantitative estimate of drug-likeness (QED) is 0.860. The Morgan fingerprint density at radius 2 is 2.13 bits per heavy atom. The molecule has 0 aliphatic rings. The van der Waals surface area contributed by atoms with E-state index in [-0.39, 0.29) is 0 Å². The fourth-order valence-electron chi connectivity index (χ4n) is 1.53. The first kappa shape index (κ1) is 10.5. The number of anilines is 1. The van der Waals surface area contributed by atoms with Crippen LogP contribution >= 0.6 is 23.2 Å². The fourth-order valence-corrected chi connectivity index (χ4v) is 2.13. The average molecular weight is 241 g/mol. The largest absolute Gasteiger partial charge is 0.370 e. The fraction of sp³-hybridized carbons (Fsp3) is 0.182. The molecule has 0 spiro atoms. The van der Waals surface area contributed by atoms with Gasteiger partial charge in [0.25, 0.3) is 0 Å². The third-order valence-corrected chi connectivity index (χ3v) is 2.64. The maximum absolute atomic E-state index is 6.14. The van der Waals surface area contributed by atoms with Crippen molar-refractivity contribution < 1.29 is 0 Å². The highest BCUT2D eigenvalue weighted by Gasteiger charge is 2.06. The van der Waals surface area contributed by atoms with Crippen molar-refractivity contribution in [3.8, 4) is 0 Å². The lowest BCUT2D eigenvalue weighted by Gasteiger charge is -2.08. The molecule has 0 aliphatic carbocycles. The van der Waals surface area contributed by atoms with Crippen LogP contribution in [0.5, 0.6) is 0 Å². The molecule has 0 unspecified atom stereocenters. The van der Waals surface area contributed by atoms with Gasteiger partial charge in [-0.05, 0) is 30.5 Å². The summed E-state index contributed by atoms with van der Waals surface area (Å²) in [5.41, 5.74) is 0. The van der Waals surface area contributed by atoms with E-state index < -0.39 is 0 Å². The first-order chi connectivity index (χ1) is 7.22. The molecule has 2 nitrogen and oxygen atoms in total. The predicted molar refractivity (Wildman–Crippen MR) is 65.9 cm³/mol. The third-order valence-electron chi connectivity index (χ3n) is 2.12. The number of aromatic nitrogens is 1. The van der Waals surface area contributed by atoms with Crippen LogP contribution in [0.2, 0.25) is 10.0 Å². The first-order valence-electron chi connectivity index (χ1n) is 4.70. The van der Waals surface area contributed by atoms with Crippen molar-refractivity contribution in [2.75, 3.05) is 11.9 Å². The van der Waals surface area contributed by atoms with E-state index in [0.29, 0.717) is 10.0 Å². The Morgan fingerprint density at radius 1 is 1.33 bits per heavy atom. The predicted octanol–water partition coefficient (Wildman–Crippen LogP) is 3.97. The average Bonchev–Trinajstić information content (AvgIpc) is 2.17. The van der Waals surface area contributed by atoms with E-state index in [1.165, 1.54) is 0 Å². The maximum atomic E-state index is 6.14. The number of benzene rings is 1. The molecule has 0 bridgehead atoms. The SMILES string of the molecule is CCNc1nccc2cc(Cl)cc(Cl)c12. The molecule has 2 rings (SSSR count). The van der Waals surface area contributed by atoms with Gasteiger partial charge < -0.3 is 5.32 Å². The second-order valence-corrected chi connectivity index (χ2v) is 4.02. The van der Waals surface area contributed by atoms with Crippen LogP contribution < -0.4 is 5.32 Å². The summed E-state index contributed by atoms with van der Waals surface area (Å²) in [6, 6.07) is 5.51. The van der Waals surface area contributed by atoms with Crippen molar-refractivity contribution in [2.24, 2.45) is 0 Å². The molecule has 0 amide bonds. The summed E-state index contributed by atoms with van der Waals surface area (Å²) >= 11 is 12.1. The standard InChI is InChI=1S/C11H10Cl2N2/c1-2-14-11-10-7(3-4-15-11)5-8(12)6-9(10)13/h3-6H,2H2,1H3,(H,14,15). The monoisotopic (exact) mass is 240 g/mol. The molecule has 1 N–H and O–H groups in total. The lowest BCUT2D eigenvalue weighted by Crippen LogP contribution is -1.99. The number of fused-ring (bicyclic) bond motifs is 1.